The van der Waals surface area contributed by atoms with E-state index in [0.29, 0.717) is 13.2 Å². The molecule has 1 rings (SSSR count). The lowest BCUT2D eigenvalue weighted by atomic mass is 10.3. The van der Waals surface area contributed by atoms with Gasteiger partial charge in [-0.1, -0.05) is 13.3 Å². The lowest BCUT2D eigenvalue weighted by molar-refractivity contribution is -0.145. The molecule has 1 aliphatic heterocycles. The van der Waals surface area contributed by atoms with Crippen LogP contribution in [0.3, 0.4) is 0 Å². The molecular formula is C10H20N2O2. The van der Waals surface area contributed by atoms with E-state index in [4.69, 9.17) is 4.74 Å². The van der Waals surface area contributed by atoms with Crippen LogP contribution in [-0.2, 0) is 9.53 Å². The van der Waals surface area contributed by atoms with Gasteiger partial charge in [0.1, 0.15) is 0 Å². The molecule has 0 bridgehead atoms. The number of carbonyl (C=O) groups excluding carboxylic acids is 1. The van der Waals surface area contributed by atoms with Crippen molar-refractivity contribution in [1.29, 1.82) is 0 Å². The third-order valence-corrected chi connectivity index (χ3v) is 2.32. The fourth-order valence-corrected chi connectivity index (χ4v) is 1.43. The number of rotatable bonds is 5. The van der Waals surface area contributed by atoms with Crippen molar-refractivity contribution in [2.45, 2.75) is 19.8 Å². The Morgan fingerprint density at radius 3 is 2.79 bits per heavy atom. The molecule has 1 N–H and O–H groups in total. The molecule has 0 aromatic carbocycles. The lowest BCUT2D eigenvalue weighted by Gasteiger charge is -2.25. The zero-order chi connectivity index (χ0) is 10.2. The first-order valence-corrected chi connectivity index (χ1v) is 5.41. The zero-order valence-electron chi connectivity index (χ0n) is 8.92. The van der Waals surface area contributed by atoms with Crippen molar-refractivity contribution >= 4 is 5.97 Å². The summed E-state index contributed by atoms with van der Waals surface area (Å²) in [7, 11) is 0. The molecule has 0 aromatic heterocycles. The van der Waals surface area contributed by atoms with Gasteiger partial charge in [0.05, 0.1) is 13.2 Å². The maximum absolute atomic E-state index is 11.3. The Bertz CT molecular complexity index is 168. The Morgan fingerprint density at radius 2 is 2.14 bits per heavy atom. The number of unbranched alkanes of at least 4 members (excludes halogenated alkanes) is 1. The molecule has 0 radical (unpaired) electrons. The number of hydrogen-bond donors (Lipinski definition) is 1. The summed E-state index contributed by atoms with van der Waals surface area (Å²) in [6.45, 7) is 6.95. The number of carbonyl (C=O) groups is 1. The van der Waals surface area contributed by atoms with Gasteiger partial charge in [-0.15, -0.1) is 0 Å². The second-order valence-corrected chi connectivity index (χ2v) is 3.60. The molecule has 0 amide bonds. The van der Waals surface area contributed by atoms with Gasteiger partial charge >= 0.3 is 5.97 Å². The Labute approximate surface area is 85.6 Å². The van der Waals surface area contributed by atoms with Crippen LogP contribution in [0.2, 0.25) is 0 Å². The number of nitrogens with one attached hydrogen (secondary N) is 1. The van der Waals surface area contributed by atoms with Crippen molar-refractivity contribution < 1.29 is 9.53 Å². The predicted molar refractivity (Wildman–Crippen MR) is 55.2 cm³/mol. The van der Waals surface area contributed by atoms with Gasteiger partial charge < -0.3 is 10.1 Å². The quantitative estimate of drug-likeness (QED) is 0.510. The van der Waals surface area contributed by atoms with Crippen LogP contribution >= 0.6 is 0 Å². The zero-order valence-corrected chi connectivity index (χ0v) is 8.92. The molecule has 0 aromatic rings. The Morgan fingerprint density at radius 1 is 1.43 bits per heavy atom. The van der Waals surface area contributed by atoms with Crippen molar-refractivity contribution in [3.05, 3.63) is 0 Å². The summed E-state index contributed by atoms with van der Waals surface area (Å²) >= 11 is 0. The highest BCUT2D eigenvalue weighted by Gasteiger charge is 2.13. The lowest BCUT2D eigenvalue weighted by Crippen LogP contribution is -2.45. The minimum absolute atomic E-state index is 0.0830. The van der Waals surface area contributed by atoms with Crippen LogP contribution in [0.5, 0.6) is 0 Å². The maximum Gasteiger partial charge on any atom is 0.320 e. The third-order valence-electron chi connectivity index (χ3n) is 2.32. The Hall–Kier alpha value is -0.610. The van der Waals surface area contributed by atoms with Gasteiger partial charge in [0.25, 0.3) is 0 Å². The number of esters is 1. The third kappa shape index (κ3) is 4.58. The van der Waals surface area contributed by atoms with Crippen molar-refractivity contribution in [1.82, 2.24) is 10.2 Å². The van der Waals surface area contributed by atoms with Crippen molar-refractivity contribution in [2.75, 3.05) is 39.3 Å². The molecule has 4 heteroatoms. The molecule has 0 atom stereocenters. The number of piperazine rings is 1. The molecule has 0 unspecified atom stereocenters. The summed E-state index contributed by atoms with van der Waals surface area (Å²) < 4.78 is 5.08. The molecule has 1 saturated heterocycles. The second kappa shape index (κ2) is 6.79. The van der Waals surface area contributed by atoms with E-state index < -0.39 is 0 Å². The maximum atomic E-state index is 11.3. The molecular weight excluding hydrogens is 180 g/mol. The molecule has 4 nitrogen and oxygen atoms in total. The van der Waals surface area contributed by atoms with E-state index in [1.165, 1.54) is 0 Å². The molecule has 82 valence electrons. The van der Waals surface area contributed by atoms with E-state index in [2.05, 4.69) is 17.1 Å². The first kappa shape index (κ1) is 11.5. The van der Waals surface area contributed by atoms with E-state index in [-0.39, 0.29) is 5.97 Å². The number of ether oxygens (including phenoxy) is 1. The highest BCUT2D eigenvalue weighted by atomic mass is 16.5. The van der Waals surface area contributed by atoms with Gasteiger partial charge in [-0.25, -0.2) is 0 Å². The Balaban J connectivity index is 2.06. The van der Waals surface area contributed by atoms with Crippen LogP contribution < -0.4 is 5.32 Å². The second-order valence-electron chi connectivity index (χ2n) is 3.60. The van der Waals surface area contributed by atoms with Gasteiger partial charge in [0, 0.05) is 26.2 Å². The van der Waals surface area contributed by atoms with Crippen molar-refractivity contribution in [2.24, 2.45) is 0 Å². The number of hydrogen-bond acceptors (Lipinski definition) is 4. The van der Waals surface area contributed by atoms with E-state index in [1.807, 2.05) is 0 Å². The normalized spacial score (nSPS) is 18.1. The smallest absolute Gasteiger partial charge is 0.320 e. The van der Waals surface area contributed by atoms with Gasteiger partial charge in [-0.2, -0.15) is 0 Å². The van der Waals surface area contributed by atoms with E-state index in [9.17, 15) is 4.79 Å². The van der Waals surface area contributed by atoms with Crippen LogP contribution in [0.4, 0.5) is 0 Å². The average molecular weight is 200 g/mol. The fraction of sp³-hybridized carbons (Fsp3) is 0.900. The van der Waals surface area contributed by atoms with Crippen LogP contribution in [0.1, 0.15) is 19.8 Å². The molecule has 0 aliphatic carbocycles. The van der Waals surface area contributed by atoms with Crippen LogP contribution in [0.25, 0.3) is 0 Å². The minimum atomic E-state index is -0.0830. The number of nitrogens with zero attached hydrogens (tertiary/aromatic N) is 1. The minimum Gasteiger partial charge on any atom is -0.465 e. The molecule has 1 aliphatic rings. The van der Waals surface area contributed by atoms with Gasteiger partial charge in [0.15, 0.2) is 0 Å². The van der Waals surface area contributed by atoms with E-state index >= 15 is 0 Å². The van der Waals surface area contributed by atoms with Crippen LogP contribution in [0, 0.1) is 0 Å². The summed E-state index contributed by atoms with van der Waals surface area (Å²) in [5, 5.41) is 3.25. The average Bonchev–Trinajstić information content (AvgIpc) is 2.20. The van der Waals surface area contributed by atoms with Crippen molar-refractivity contribution in [3.8, 4) is 0 Å². The highest BCUT2D eigenvalue weighted by molar-refractivity contribution is 5.71. The summed E-state index contributed by atoms with van der Waals surface area (Å²) in [4.78, 5) is 13.4. The summed E-state index contributed by atoms with van der Waals surface area (Å²) in [6, 6.07) is 0. The first-order valence-electron chi connectivity index (χ1n) is 5.41. The van der Waals surface area contributed by atoms with Gasteiger partial charge in [0.2, 0.25) is 0 Å². The summed E-state index contributed by atoms with van der Waals surface area (Å²) in [5.74, 6) is -0.0830. The van der Waals surface area contributed by atoms with Gasteiger partial charge in [-0.05, 0) is 6.42 Å². The standard InChI is InChI=1S/C10H20N2O2/c1-2-3-8-14-10(13)9-12-6-4-11-5-7-12/h11H,2-9H2,1H3. The molecule has 1 heterocycles. The van der Waals surface area contributed by atoms with E-state index in [0.717, 1.165) is 39.0 Å². The predicted octanol–water partition coefficient (Wildman–Crippen LogP) is 0.235. The van der Waals surface area contributed by atoms with Gasteiger partial charge in [-0.3, -0.25) is 9.69 Å². The largest absolute Gasteiger partial charge is 0.465 e. The van der Waals surface area contributed by atoms with E-state index in [1.54, 1.807) is 0 Å². The topological polar surface area (TPSA) is 41.6 Å². The molecule has 0 spiro atoms. The monoisotopic (exact) mass is 200 g/mol. The summed E-state index contributed by atoms with van der Waals surface area (Å²) in [6.07, 6.45) is 2.04. The Kier molecular flexibility index (Phi) is 5.56. The van der Waals surface area contributed by atoms with Crippen molar-refractivity contribution in [3.63, 3.8) is 0 Å². The SMILES string of the molecule is CCCCOC(=O)CN1CCNCC1. The summed E-state index contributed by atoms with van der Waals surface area (Å²) in [5.41, 5.74) is 0. The first-order chi connectivity index (χ1) is 6.83. The van der Waals surface area contributed by atoms with Crippen LogP contribution in [-0.4, -0.2) is 50.2 Å². The molecule has 1 fully saturated rings. The molecule has 14 heavy (non-hydrogen) atoms. The highest BCUT2D eigenvalue weighted by Crippen LogP contribution is 1.94. The fourth-order valence-electron chi connectivity index (χ4n) is 1.43. The molecule has 0 saturated carbocycles. The van der Waals surface area contributed by atoms with Crippen LogP contribution in [0.15, 0.2) is 0 Å².